The molecule has 1 aliphatic rings. The van der Waals surface area contributed by atoms with Crippen LogP contribution in [0.5, 0.6) is 0 Å². The van der Waals surface area contributed by atoms with E-state index >= 15 is 0 Å². The van der Waals surface area contributed by atoms with Crippen LogP contribution in [-0.2, 0) is 5.54 Å². The third kappa shape index (κ3) is 2.76. The number of halogens is 1. The van der Waals surface area contributed by atoms with Crippen LogP contribution < -0.4 is 16.3 Å². The smallest absolute Gasteiger partial charge is 0.324 e. The fraction of sp³-hybridized carbons (Fsp3) is 0.389. The van der Waals surface area contributed by atoms with Crippen LogP contribution in [0.25, 0.3) is 11.2 Å². The van der Waals surface area contributed by atoms with Crippen LogP contribution in [-0.4, -0.2) is 32.2 Å². The highest BCUT2D eigenvalue weighted by molar-refractivity contribution is 5.73. The SMILES string of the molecule is CC(C)(C)n1c(=O)n(C2CNC2)c2nc(Nc3ccc(F)cc3)ncc21. The number of imidazole rings is 1. The number of anilines is 2. The molecule has 1 aromatic carbocycles. The molecule has 0 radical (unpaired) electrons. The summed E-state index contributed by atoms with van der Waals surface area (Å²) in [6, 6.07) is 6.06. The lowest BCUT2D eigenvalue weighted by atomic mass is 10.1. The first-order chi connectivity index (χ1) is 12.3. The summed E-state index contributed by atoms with van der Waals surface area (Å²) in [4.78, 5) is 22.0. The molecule has 4 rings (SSSR count). The summed E-state index contributed by atoms with van der Waals surface area (Å²) < 4.78 is 16.6. The summed E-state index contributed by atoms with van der Waals surface area (Å²) in [6.45, 7) is 7.45. The molecule has 0 amide bonds. The summed E-state index contributed by atoms with van der Waals surface area (Å²) in [5.41, 5.74) is 1.54. The van der Waals surface area contributed by atoms with E-state index in [1.54, 1.807) is 27.5 Å². The van der Waals surface area contributed by atoms with Crippen molar-refractivity contribution in [2.75, 3.05) is 18.4 Å². The lowest BCUT2D eigenvalue weighted by Gasteiger charge is -2.28. The van der Waals surface area contributed by atoms with Gasteiger partial charge in [-0.3, -0.25) is 9.13 Å². The first-order valence-corrected chi connectivity index (χ1v) is 8.58. The second-order valence-corrected chi connectivity index (χ2v) is 7.51. The van der Waals surface area contributed by atoms with E-state index in [9.17, 15) is 9.18 Å². The summed E-state index contributed by atoms with van der Waals surface area (Å²) in [5, 5.41) is 6.26. The molecule has 0 aliphatic carbocycles. The molecule has 0 bridgehead atoms. The Labute approximate surface area is 149 Å². The summed E-state index contributed by atoms with van der Waals surface area (Å²) >= 11 is 0. The van der Waals surface area contributed by atoms with Gasteiger partial charge >= 0.3 is 5.69 Å². The average molecular weight is 356 g/mol. The van der Waals surface area contributed by atoms with Crippen LogP contribution in [0.2, 0.25) is 0 Å². The number of benzene rings is 1. The highest BCUT2D eigenvalue weighted by Gasteiger charge is 2.30. The Morgan fingerprint density at radius 1 is 1.23 bits per heavy atom. The van der Waals surface area contributed by atoms with Crippen LogP contribution in [0.1, 0.15) is 26.8 Å². The molecule has 26 heavy (non-hydrogen) atoms. The van der Waals surface area contributed by atoms with Crippen LogP contribution in [0.15, 0.2) is 35.3 Å². The van der Waals surface area contributed by atoms with Crippen molar-refractivity contribution in [2.45, 2.75) is 32.4 Å². The van der Waals surface area contributed by atoms with Gasteiger partial charge in [-0.05, 0) is 45.0 Å². The molecular formula is C18H21FN6O. The van der Waals surface area contributed by atoms with E-state index in [-0.39, 0.29) is 23.1 Å². The normalized spacial score (nSPS) is 15.2. The van der Waals surface area contributed by atoms with Crippen molar-refractivity contribution >= 4 is 22.8 Å². The molecule has 3 aromatic rings. The molecular weight excluding hydrogens is 335 g/mol. The molecule has 1 fully saturated rings. The van der Waals surface area contributed by atoms with Crippen LogP contribution >= 0.6 is 0 Å². The quantitative estimate of drug-likeness (QED) is 0.753. The Morgan fingerprint density at radius 3 is 2.50 bits per heavy atom. The van der Waals surface area contributed by atoms with Gasteiger partial charge in [-0.25, -0.2) is 14.2 Å². The topological polar surface area (TPSA) is 76.8 Å². The molecule has 0 atom stereocenters. The maximum atomic E-state index is 13.1. The maximum absolute atomic E-state index is 13.1. The van der Waals surface area contributed by atoms with Crippen LogP contribution in [0, 0.1) is 5.82 Å². The van der Waals surface area contributed by atoms with E-state index in [0.717, 1.165) is 13.1 Å². The Hall–Kier alpha value is -2.74. The van der Waals surface area contributed by atoms with Gasteiger partial charge in [0.25, 0.3) is 0 Å². The minimum atomic E-state index is -0.382. The molecule has 1 aliphatic heterocycles. The lowest BCUT2D eigenvalue weighted by Crippen LogP contribution is -2.48. The molecule has 0 spiro atoms. The first-order valence-electron chi connectivity index (χ1n) is 8.58. The van der Waals surface area contributed by atoms with Gasteiger partial charge in [-0.15, -0.1) is 0 Å². The minimum Gasteiger partial charge on any atom is -0.324 e. The Balaban J connectivity index is 1.84. The second-order valence-electron chi connectivity index (χ2n) is 7.51. The highest BCUT2D eigenvalue weighted by Crippen LogP contribution is 2.24. The van der Waals surface area contributed by atoms with E-state index in [4.69, 9.17) is 0 Å². The monoisotopic (exact) mass is 356 g/mol. The van der Waals surface area contributed by atoms with Crippen molar-refractivity contribution in [1.29, 1.82) is 0 Å². The Bertz CT molecular complexity index is 1010. The van der Waals surface area contributed by atoms with Crippen molar-refractivity contribution in [1.82, 2.24) is 24.4 Å². The zero-order valence-corrected chi connectivity index (χ0v) is 15.0. The van der Waals surface area contributed by atoms with Crippen molar-refractivity contribution < 1.29 is 4.39 Å². The third-order valence-corrected chi connectivity index (χ3v) is 4.51. The lowest BCUT2D eigenvalue weighted by molar-refractivity contribution is 0.324. The molecule has 3 heterocycles. The molecule has 2 N–H and O–H groups in total. The van der Waals surface area contributed by atoms with E-state index in [1.807, 2.05) is 20.8 Å². The van der Waals surface area contributed by atoms with Gasteiger partial charge in [0.15, 0.2) is 5.65 Å². The molecule has 0 unspecified atom stereocenters. The van der Waals surface area contributed by atoms with Crippen molar-refractivity contribution in [3.8, 4) is 0 Å². The number of aromatic nitrogens is 4. The predicted octanol–water partition coefficient (Wildman–Crippen LogP) is 2.38. The van der Waals surface area contributed by atoms with Crippen molar-refractivity contribution in [2.24, 2.45) is 0 Å². The molecule has 7 nitrogen and oxygen atoms in total. The zero-order chi connectivity index (χ0) is 18.5. The zero-order valence-electron chi connectivity index (χ0n) is 15.0. The average Bonchev–Trinajstić information content (AvgIpc) is 2.80. The van der Waals surface area contributed by atoms with Gasteiger partial charge in [0.2, 0.25) is 5.95 Å². The maximum Gasteiger partial charge on any atom is 0.331 e. The third-order valence-electron chi connectivity index (χ3n) is 4.51. The highest BCUT2D eigenvalue weighted by atomic mass is 19.1. The fourth-order valence-corrected chi connectivity index (χ4v) is 3.16. The number of fused-ring (bicyclic) bond motifs is 1. The predicted molar refractivity (Wildman–Crippen MR) is 98.4 cm³/mol. The van der Waals surface area contributed by atoms with E-state index < -0.39 is 0 Å². The Kier molecular flexibility index (Phi) is 3.80. The second kappa shape index (κ2) is 5.91. The van der Waals surface area contributed by atoms with Crippen molar-refractivity contribution in [3.05, 3.63) is 46.8 Å². The molecule has 1 saturated heterocycles. The van der Waals surface area contributed by atoms with Gasteiger partial charge in [0, 0.05) is 24.3 Å². The summed E-state index contributed by atoms with van der Waals surface area (Å²) in [6.07, 6.45) is 1.67. The number of rotatable bonds is 3. The van der Waals surface area contributed by atoms with E-state index in [1.165, 1.54) is 12.1 Å². The summed E-state index contributed by atoms with van der Waals surface area (Å²) in [5.74, 6) is 0.0664. The first kappa shape index (κ1) is 16.7. The van der Waals surface area contributed by atoms with Crippen LogP contribution in [0.3, 0.4) is 0 Å². The van der Waals surface area contributed by atoms with Crippen LogP contribution in [0.4, 0.5) is 16.0 Å². The van der Waals surface area contributed by atoms with E-state index in [2.05, 4.69) is 20.6 Å². The van der Waals surface area contributed by atoms with Crippen molar-refractivity contribution in [3.63, 3.8) is 0 Å². The molecule has 0 saturated carbocycles. The fourth-order valence-electron chi connectivity index (χ4n) is 3.16. The van der Waals surface area contributed by atoms with Gasteiger partial charge in [0.1, 0.15) is 11.3 Å². The molecule has 136 valence electrons. The minimum absolute atomic E-state index is 0.0766. The van der Waals surface area contributed by atoms with Gasteiger partial charge < -0.3 is 10.6 Å². The number of nitrogens with one attached hydrogen (secondary N) is 2. The van der Waals surface area contributed by atoms with Gasteiger partial charge in [-0.2, -0.15) is 4.98 Å². The van der Waals surface area contributed by atoms with E-state index in [0.29, 0.717) is 22.8 Å². The number of hydrogen-bond acceptors (Lipinski definition) is 5. The molecule has 8 heteroatoms. The summed E-state index contributed by atoms with van der Waals surface area (Å²) in [7, 11) is 0. The van der Waals surface area contributed by atoms with Gasteiger partial charge in [-0.1, -0.05) is 0 Å². The number of nitrogens with zero attached hydrogens (tertiary/aromatic N) is 4. The largest absolute Gasteiger partial charge is 0.331 e. The Morgan fingerprint density at radius 2 is 1.92 bits per heavy atom. The van der Waals surface area contributed by atoms with Gasteiger partial charge in [0.05, 0.1) is 12.2 Å². The standard InChI is InChI=1S/C18H21FN6O/c1-18(2,3)25-14-10-21-16(22-12-6-4-11(19)5-7-12)23-15(14)24(17(25)26)13-8-20-9-13/h4-7,10,13,20H,8-9H2,1-3H3,(H,21,22,23). The number of hydrogen-bond donors (Lipinski definition) is 2. The molecule has 2 aromatic heterocycles.